The predicted octanol–water partition coefficient (Wildman–Crippen LogP) is 7.08. The zero-order chi connectivity index (χ0) is 26.6. The number of hydrogen-bond acceptors (Lipinski definition) is 3. The number of halogens is 1. The van der Waals surface area contributed by atoms with Crippen LogP contribution >= 0.6 is 23.4 Å². The summed E-state index contributed by atoms with van der Waals surface area (Å²) in [5, 5.41) is 3.84. The fourth-order valence-electron chi connectivity index (χ4n) is 4.09. The van der Waals surface area contributed by atoms with Gasteiger partial charge in [0, 0.05) is 35.3 Å². The number of nitrogens with one attached hydrogen (secondary N) is 1. The molecule has 3 aromatic rings. The van der Waals surface area contributed by atoms with Crippen LogP contribution in [0, 0.1) is 6.92 Å². The van der Waals surface area contributed by atoms with Crippen LogP contribution in [0.2, 0.25) is 5.02 Å². The third kappa shape index (κ3) is 9.56. The van der Waals surface area contributed by atoms with Crippen LogP contribution in [0.5, 0.6) is 0 Å². The smallest absolute Gasteiger partial charge is 0.243 e. The van der Waals surface area contributed by atoms with Gasteiger partial charge < -0.3 is 10.2 Å². The SMILES string of the molecule is CC[C@H](C)NC(=O)[C@@H](Cc1ccccc1)N(Cc1cccc(C)c1)C(=O)CCCSc1ccc(Cl)cc1. The highest BCUT2D eigenvalue weighted by Crippen LogP contribution is 2.23. The van der Waals surface area contributed by atoms with Crippen molar-refractivity contribution in [2.75, 3.05) is 5.75 Å². The quantitative estimate of drug-likeness (QED) is 0.188. The number of nitrogens with zero attached hydrogens (tertiary/aromatic N) is 1. The number of aryl methyl sites for hydroxylation is 1. The highest BCUT2D eigenvalue weighted by Gasteiger charge is 2.30. The molecule has 2 amide bonds. The Kier molecular flexibility index (Phi) is 11.6. The Bertz CT molecular complexity index is 1140. The van der Waals surface area contributed by atoms with Gasteiger partial charge in [0.05, 0.1) is 0 Å². The number of rotatable bonds is 13. The Balaban J connectivity index is 1.79. The van der Waals surface area contributed by atoms with E-state index in [1.165, 1.54) is 0 Å². The topological polar surface area (TPSA) is 49.4 Å². The Hall–Kier alpha value is -2.76. The lowest BCUT2D eigenvalue weighted by atomic mass is 10.0. The number of hydrogen-bond donors (Lipinski definition) is 1. The molecule has 2 atom stereocenters. The van der Waals surface area contributed by atoms with Gasteiger partial charge in [-0.05, 0) is 67.8 Å². The largest absolute Gasteiger partial charge is 0.352 e. The summed E-state index contributed by atoms with van der Waals surface area (Å²) in [6.07, 6.45) is 2.41. The van der Waals surface area contributed by atoms with E-state index in [2.05, 4.69) is 11.4 Å². The van der Waals surface area contributed by atoms with Crippen molar-refractivity contribution < 1.29 is 9.59 Å². The second kappa shape index (κ2) is 14.8. The van der Waals surface area contributed by atoms with Crippen LogP contribution in [0.4, 0.5) is 0 Å². The molecule has 0 aromatic heterocycles. The van der Waals surface area contributed by atoms with Crippen molar-refractivity contribution in [3.63, 3.8) is 0 Å². The molecular formula is C31H37ClN2O2S. The lowest BCUT2D eigenvalue weighted by Gasteiger charge is -2.32. The van der Waals surface area contributed by atoms with Gasteiger partial charge in [0.25, 0.3) is 0 Å². The van der Waals surface area contributed by atoms with Crippen molar-refractivity contribution in [1.29, 1.82) is 0 Å². The van der Waals surface area contributed by atoms with Gasteiger partial charge in [0.1, 0.15) is 6.04 Å². The summed E-state index contributed by atoms with van der Waals surface area (Å²) in [6.45, 7) is 6.49. The van der Waals surface area contributed by atoms with Crippen LogP contribution in [0.15, 0.2) is 83.8 Å². The second-order valence-corrected chi connectivity index (χ2v) is 11.0. The molecule has 0 aliphatic carbocycles. The van der Waals surface area contributed by atoms with Crippen LogP contribution < -0.4 is 5.32 Å². The summed E-state index contributed by atoms with van der Waals surface area (Å²) < 4.78 is 0. The average molecular weight is 537 g/mol. The fraction of sp³-hybridized carbons (Fsp3) is 0.355. The maximum absolute atomic E-state index is 13.7. The second-order valence-electron chi connectivity index (χ2n) is 9.44. The molecule has 37 heavy (non-hydrogen) atoms. The van der Waals surface area contributed by atoms with E-state index < -0.39 is 6.04 Å². The molecule has 0 bridgehead atoms. The van der Waals surface area contributed by atoms with Crippen LogP contribution in [-0.2, 0) is 22.6 Å². The summed E-state index contributed by atoms with van der Waals surface area (Å²) in [7, 11) is 0. The van der Waals surface area contributed by atoms with Gasteiger partial charge in [0.15, 0.2) is 0 Å². The number of carbonyl (C=O) groups is 2. The maximum Gasteiger partial charge on any atom is 0.243 e. The van der Waals surface area contributed by atoms with Crippen molar-refractivity contribution in [3.05, 3.63) is 101 Å². The average Bonchev–Trinajstić information content (AvgIpc) is 2.90. The normalized spacial score (nSPS) is 12.5. The minimum atomic E-state index is -0.590. The van der Waals surface area contributed by atoms with Crippen LogP contribution in [-0.4, -0.2) is 34.6 Å². The molecule has 0 fully saturated rings. The Morgan fingerprint density at radius 3 is 2.35 bits per heavy atom. The minimum Gasteiger partial charge on any atom is -0.352 e. The van der Waals surface area contributed by atoms with Gasteiger partial charge in [0.2, 0.25) is 11.8 Å². The number of benzene rings is 3. The van der Waals surface area contributed by atoms with E-state index in [-0.39, 0.29) is 17.9 Å². The molecule has 196 valence electrons. The van der Waals surface area contributed by atoms with Crippen molar-refractivity contribution >= 4 is 35.2 Å². The Labute approximate surface area is 230 Å². The molecule has 0 aliphatic rings. The summed E-state index contributed by atoms with van der Waals surface area (Å²) in [5.74, 6) is 0.710. The van der Waals surface area contributed by atoms with Crippen molar-refractivity contribution in [3.8, 4) is 0 Å². The van der Waals surface area contributed by atoms with Crippen LogP contribution in [0.25, 0.3) is 0 Å². The molecule has 0 saturated carbocycles. The summed E-state index contributed by atoms with van der Waals surface area (Å²) in [4.78, 5) is 30.2. The first-order valence-electron chi connectivity index (χ1n) is 12.9. The van der Waals surface area contributed by atoms with E-state index in [4.69, 9.17) is 11.6 Å². The molecular weight excluding hydrogens is 500 g/mol. The molecule has 0 aliphatic heterocycles. The molecule has 0 saturated heterocycles. The molecule has 0 heterocycles. The van der Waals surface area contributed by atoms with Crippen molar-refractivity contribution in [2.24, 2.45) is 0 Å². The van der Waals surface area contributed by atoms with Gasteiger partial charge in [-0.25, -0.2) is 0 Å². The number of carbonyl (C=O) groups excluding carboxylic acids is 2. The van der Waals surface area contributed by atoms with E-state index in [1.54, 1.807) is 16.7 Å². The predicted molar refractivity (Wildman–Crippen MR) is 155 cm³/mol. The monoisotopic (exact) mass is 536 g/mol. The minimum absolute atomic E-state index is 0.00144. The first-order valence-corrected chi connectivity index (χ1v) is 14.3. The molecule has 0 unspecified atom stereocenters. The van der Waals surface area contributed by atoms with Gasteiger partial charge >= 0.3 is 0 Å². The molecule has 3 aromatic carbocycles. The highest BCUT2D eigenvalue weighted by molar-refractivity contribution is 7.99. The summed E-state index contributed by atoms with van der Waals surface area (Å²) in [5.41, 5.74) is 3.19. The molecule has 1 N–H and O–H groups in total. The van der Waals surface area contributed by atoms with E-state index in [0.717, 1.165) is 40.2 Å². The Morgan fingerprint density at radius 2 is 1.68 bits per heavy atom. The van der Waals surface area contributed by atoms with E-state index >= 15 is 0 Å². The van der Waals surface area contributed by atoms with Gasteiger partial charge in [-0.15, -0.1) is 11.8 Å². The van der Waals surface area contributed by atoms with Crippen molar-refractivity contribution in [1.82, 2.24) is 10.2 Å². The summed E-state index contributed by atoms with van der Waals surface area (Å²) >= 11 is 7.70. The maximum atomic E-state index is 13.7. The lowest BCUT2D eigenvalue weighted by Crippen LogP contribution is -2.52. The van der Waals surface area contributed by atoms with Crippen LogP contribution in [0.3, 0.4) is 0 Å². The number of thioether (sulfide) groups is 1. The number of amides is 2. The summed E-state index contributed by atoms with van der Waals surface area (Å²) in [6, 6.07) is 25.3. The van der Waals surface area contributed by atoms with Gasteiger partial charge in [-0.3, -0.25) is 9.59 Å². The molecule has 0 spiro atoms. The highest BCUT2D eigenvalue weighted by atomic mass is 35.5. The van der Waals surface area contributed by atoms with Crippen molar-refractivity contribution in [2.45, 2.75) is 70.0 Å². The zero-order valence-electron chi connectivity index (χ0n) is 22.0. The van der Waals surface area contributed by atoms with E-state index in [1.807, 2.05) is 93.6 Å². The first kappa shape index (κ1) is 28.8. The van der Waals surface area contributed by atoms with Gasteiger partial charge in [-0.2, -0.15) is 0 Å². The molecule has 6 heteroatoms. The first-order chi connectivity index (χ1) is 17.9. The molecule has 4 nitrogen and oxygen atoms in total. The van der Waals surface area contributed by atoms with E-state index in [0.29, 0.717) is 24.4 Å². The van der Waals surface area contributed by atoms with Crippen LogP contribution in [0.1, 0.15) is 49.8 Å². The Morgan fingerprint density at radius 1 is 0.973 bits per heavy atom. The van der Waals surface area contributed by atoms with E-state index in [9.17, 15) is 9.59 Å². The lowest BCUT2D eigenvalue weighted by molar-refractivity contribution is -0.141. The molecule has 0 radical (unpaired) electrons. The molecule has 3 rings (SSSR count). The third-order valence-corrected chi connectivity index (χ3v) is 7.68. The fourth-order valence-corrected chi connectivity index (χ4v) is 5.07. The third-order valence-electron chi connectivity index (χ3n) is 6.32. The zero-order valence-corrected chi connectivity index (χ0v) is 23.5. The van der Waals surface area contributed by atoms with Gasteiger partial charge in [-0.1, -0.05) is 78.7 Å². The standard InChI is InChI=1S/C31H37ClN2O2S/c1-4-24(3)33-31(36)29(21-25-11-6-5-7-12-25)34(22-26-13-8-10-23(2)20-26)30(35)14-9-19-37-28-17-15-27(32)16-18-28/h5-8,10-13,15-18,20,24,29H,4,9,14,19,21-22H2,1-3H3,(H,33,36)/t24-,29+/m0/s1.